The van der Waals surface area contributed by atoms with E-state index in [-0.39, 0.29) is 6.42 Å². The molecule has 1 heterocycles. The van der Waals surface area contributed by atoms with E-state index in [0.717, 1.165) is 11.1 Å². The molecule has 0 fully saturated rings. The summed E-state index contributed by atoms with van der Waals surface area (Å²) in [5.41, 5.74) is 2.16. The largest absolute Gasteiger partial charge is 0.389 e. The van der Waals surface area contributed by atoms with Gasteiger partial charge in [0.25, 0.3) is 0 Å². The predicted octanol–water partition coefficient (Wildman–Crippen LogP) is 3.98. The summed E-state index contributed by atoms with van der Waals surface area (Å²) in [6.07, 6.45) is -1.05. The summed E-state index contributed by atoms with van der Waals surface area (Å²) in [6.45, 7) is 0.384. The summed E-state index contributed by atoms with van der Waals surface area (Å²) >= 11 is 0. The van der Waals surface area contributed by atoms with Crippen molar-refractivity contribution in [1.29, 1.82) is 0 Å². The highest BCUT2D eigenvalue weighted by atomic mass is 19.4. The number of hydrogen-bond acceptors (Lipinski definition) is 0. The molecule has 2 aromatic rings. The first-order chi connectivity index (χ1) is 9.04. The molecular weight excluding hydrogens is 251 g/mol. The molecule has 1 aromatic carbocycles. The number of aromatic nitrogens is 1. The maximum atomic E-state index is 12.0. The van der Waals surface area contributed by atoms with Gasteiger partial charge in [-0.2, -0.15) is 13.2 Å². The van der Waals surface area contributed by atoms with Crippen molar-refractivity contribution in [3.8, 4) is 11.1 Å². The summed E-state index contributed by atoms with van der Waals surface area (Å²) in [5, 5.41) is 0. The number of halogens is 3. The van der Waals surface area contributed by atoms with E-state index < -0.39 is 12.6 Å². The minimum atomic E-state index is -4.06. The minimum Gasteiger partial charge on any atom is -0.205 e. The topological polar surface area (TPSA) is 3.88 Å². The van der Waals surface area contributed by atoms with E-state index in [2.05, 4.69) is 0 Å². The number of benzene rings is 1. The number of aryl methyl sites for hydroxylation is 1. The molecule has 4 heteroatoms. The van der Waals surface area contributed by atoms with Crippen LogP contribution in [0.15, 0.2) is 54.9 Å². The van der Waals surface area contributed by atoms with Gasteiger partial charge in [-0.3, -0.25) is 0 Å². The van der Waals surface area contributed by atoms with Crippen LogP contribution in [0.5, 0.6) is 0 Å². The second-order valence-electron chi connectivity index (χ2n) is 4.41. The molecule has 0 aliphatic carbocycles. The Morgan fingerprint density at radius 1 is 0.842 bits per heavy atom. The lowest BCUT2D eigenvalue weighted by molar-refractivity contribution is -0.697. The van der Waals surface area contributed by atoms with Crippen molar-refractivity contribution in [2.24, 2.45) is 0 Å². The van der Waals surface area contributed by atoms with Crippen LogP contribution in [-0.4, -0.2) is 6.18 Å². The van der Waals surface area contributed by atoms with Crippen LogP contribution in [0.3, 0.4) is 0 Å². The van der Waals surface area contributed by atoms with Gasteiger partial charge in [0.1, 0.15) is 6.54 Å². The van der Waals surface area contributed by atoms with Gasteiger partial charge in [0.2, 0.25) is 0 Å². The Hall–Kier alpha value is -1.84. The van der Waals surface area contributed by atoms with E-state index in [1.54, 1.807) is 4.57 Å². The van der Waals surface area contributed by atoms with E-state index in [4.69, 9.17) is 0 Å². The zero-order valence-electron chi connectivity index (χ0n) is 10.4. The first-order valence-electron chi connectivity index (χ1n) is 6.16. The average Bonchev–Trinajstić information content (AvgIpc) is 2.39. The van der Waals surface area contributed by atoms with Crippen LogP contribution in [0.2, 0.25) is 0 Å². The minimum absolute atomic E-state index is 0.110. The lowest BCUT2D eigenvalue weighted by atomic mass is 10.1. The van der Waals surface area contributed by atoms with Gasteiger partial charge in [-0.15, -0.1) is 0 Å². The van der Waals surface area contributed by atoms with Crippen molar-refractivity contribution in [3.63, 3.8) is 0 Å². The molecule has 0 aliphatic rings. The van der Waals surface area contributed by atoms with Crippen LogP contribution in [-0.2, 0) is 6.54 Å². The molecule has 0 unspecified atom stereocenters. The van der Waals surface area contributed by atoms with Crippen LogP contribution in [0.25, 0.3) is 11.1 Å². The molecule has 100 valence electrons. The van der Waals surface area contributed by atoms with Crippen molar-refractivity contribution in [1.82, 2.24) is 0 Å². The van der Waals surface area contributed by atoms with Gasteiger partial charge in [0, 0.05) is 25.0 Å². The Morgan fingerprint density at radius 2 is 1.42 bits per heavy atom. The smallest absolute Gasteiger partial charge is 0.205 e. The summed E-state index contributed by atoms with van der Waals surface area (Å²) in [4.78, 5) is 0. The SMILES string of the molecule is FC(F)(F)CCC[n+]1ccc(-c2ccccc2)cc1. The van der Waals surface area contributed by atoms with Crippen LogP contribution < -0.4 is 4.57 Å². The van der Waals surface area contributed by atoms with Crippen molar-refractivity contribution < 1.29 is 17.7 Å². The first-order valence-corrected chi connectivity index (χ1v) is 6.16. The number of rotatable bonds is 4. The predicted molar refractivity (Wildman–Crippen MR) is 67.4 cm³/mol. The molecule has 1 aromatic heterocycles. The Balaban J connectivity index is 1.96. The molecule has 2 rings (SSSR count). The van der Waals surface area contributed by atoms with Gasteiger partial charge in [0.05, 0.1) is 0 Å². The number of alkyl halides is 3. The normalized spacial score (nSPS) is 11.5. The summed E-state index contributed by atoms with van der Waals surface area (Å²) in [5.74, 6) is 0. The van der Waals surface area contributed by atoms with Crippen molar-refractivity contribution in [2.45, 2.75) is 25.6 Å². The molecule has 0 atom stereocenters. The molecule has 19 heavy (non-hydrogen) atoms. The molecule has 0 spiro atoms. The molecular formula is C15H15F3N+. The Kier molecular flexibility index (Phi) is 4.20. The molecule has 0 saturated carbocycles. The highest BCUT2D eigenvalue weighted by Crippen LogP contribution is 2.21. The van der Waals surface area contributed by atoms with Gasteiger partial charge in [0.15, 0.2) is 12.4 Å². The van der Waals surface area contributed by atoms with Crippen molar-refractivity contribution >= 4 is 0 Å². The van der Waals surface area contributed by atoms with Gasteiger partial charge in [-0.05, 0) is 11.1 Å². The second-order valence-corrected chi connectivity index (χ2v) is 4.41. The molecule has 0 saturated heterocycles. The molecule has 1 nitrogen and oxygen atoms in total. The van der Waals surface area contributed by atoms with Gasteiger partial charge >= 0.3 is 6.18 Å². The van der Waals surface area contributed by atoms with Crippen LogP contribution >= 0.6 is 0 Å². The fraction of sp³-hybridized carbons (Fsp3) is 0.267. The number of hydrogen-bond donors (Lipinski definition) is 0. The standard InChI is InChI=1S/C15H15F3N/c16-15(17,18)9-4-10-19-11-7-14(8-12-19)13-5-2-1-3-6-13/h1-3,5-8,11-12H,4,9-10H2/q+1. The highest BCUT2D eigenvalue weighted by Gasteiger charge is 2.26. The summed E-state index contributed by atoms with van der Waals surface area (Å²) in [7, 11) is 0. The van der Waals surface area contributed by atoms with E-state index in [0.29, 0.717) is 6.54 Å². The maximum Gasteiger partial charge on any atom is 0.389 e. The molecule has 0 bridgehead atoms. The van der Waals surface area contributed by atoms with Crippen LogP contribution in [0, 0.1) is 0 Å². The van der Waals surface area contributed by atoms with Gasteiger partial charge < -0.3 is 0 Å². The molecule has 0 N–H and O–H groups in total. The zero-order chi connectivity index (χ0) is 13.7. The Morgan fingerprint density at radius 3 is 2.00 bits per heavy atom. The lowest BCUT2D eigenvalue weighted by Gasteiger charge is -2.04. The average molecular weight is 266 g/mol. The third kappa shape index (κ3) is 4.39. The van der Waals surface area contributed by atoms with Crippen LogP contribution in [0.4, 0.5) is 13.2 Å². The Labute approximate surface area is 110 Å². The van der Waals surface area contributed by atoms with E-state index >= 15 is 0 Å². The summed E-state index contributed by atoms with van der Waals surface area (Å²) < 4.78 is 37.9. The van der Waals surface area contributed by atoms with Crippen molar-refractivity contribution in [3.05, 3.63) is 54.9 Å². The van der Waals surface area contributed by atoms with Crippen LogP contribution in [0.1, 0.15) is 12.8 Å². The first kappa shape index (κ1) is 13.6. The maximum absolute atomic E-state index is 12.0. The molecule has 0 aliphatic heterocycles. The third-order valence-electron chi connectivity index (χ3n) is 2.87. The summed E-state index contributed by atoms with van der Waals surface area (Å²) in [6, 6.07) is 13.7. The quantitative estimate of drug-likeness (QED) is 0.737. The number of pyridine rings is 1. The Bertz CT molecular complexity index is 503. The third-order valence-corrected chi connectivity index (χ3v) is 2.87. The van der Waals surface area contributed by atoms with E-state index in [1.165, 1.54) is 0 Å². The van der Waals surface area contributed by atoms with E-state index in [9.17, 15) is 13.2 Å². The van der Waals surface area contributed by atoms with Crippen molar-refractivity contribution in [2.75, 3.05) is 0 Å². The lowest BCUT2D eigenvalue weighted by Crippen LogP contribution is -2.33. The highest BCUT2D eigenvalue weighted by molar-refractivity contribution is 5.61. The molecule has 0 amide bonds. The van der Waals surface area contributed by atoms with Gasteiger partial charge in [-0.25, -0.2) is 4.57 Å². The van der Waals surface area contributed by atoms with Gasteiger partial charge in [-0.1, -0.05) is 30.3 Å². The molecule has 0 radical (unpaired) electrons. The van der Waals surface area contributed by atoms with E-state index in [1.807, 2.05) is 54.9 Å². The second kappa shape index (κ2) is 5.87. The fourth-order valence-corrected chi connectivity index (χ4v) is 1.89. The number of nitrogens with zero attached hydrogens (tertiary/aromatic N) is 1. The monoisotopic (exact) mass is 266 g/mol. The zero-order valence-corrected chi connectivity index (χ0v) is 10.4. The fourth-order valence-electron chi connectivity index (χ4n) is 1.89.